The average Bonchev–Trinajstić information content (AvgIpc) is 2.50. The fraction of sp³-hybridized carbons (Fsp3) is 0.133. The highest BCUT2D eigenvalue weighted by atomic mass is 16.5. The van der Waals surface area contributed by atoms with Crippen LogP contribution in [0, 0.1) is 10.8 Å². The van der Waals surface area contributed by atoms with Crippen LogP contribution < -0.4 is 15.4 Å². The molecule has 2 aromatic rings. The van der Waals surface area contributed by atoms with Gasteiger partial charge >= 0.3 is 0 Å². The number of fused-ring (bicyclic) bond motifs is 1. The van der Waals surface area contributed by atoms with Crippen LogP contribution in [0.5, 0.6) is 11.6 Å². The van der Waals surface area contributed by atoms with Gasteiger partial charge in [-0.1, -0.05) is 18.2 Å². The second kappa shape index (κ2) is 5.34. The Hall–Kier alpha value is -2.73. The molecule has 0 bridgehead atoms. The Kier molecular flexibility index (Phi) is 3.37. The Bertz CT molecular complexity index is 686. The van der Waals surface area contributed by atoms with Gasteiger partial charge in [-0.15, -0.1) is 0 Å². The van der Waals surface area contributed by atoms with Gasteiger partial charge in [-0.3, -0.25) is 15.7 Å². The first kappa shape index (κ1) is 13.3. The molecule has 2 heterocycles. The standard InChI is InChI=1S/C15H15N5O/c16-9-20-13-8-19-14(21-11-4-2-1-3-5-11)7-10(13)6-12(17)15(20)18/h1-5,7-9,12,16,18H,6,17H2. The van der Waals surface area contributed by atoms with Crippen molar-refractivity contribution in [3.8, 4) is 11.6 Å². The summed E-state index contributed by atoms with van der Waals surface area (Å²) >= 11 is 0. The fourth-order valence-electron chi connectivity index (χ4n) is 2.29. The van der Waals surface area contributed by atoms with Gasteiger partial charge in [0.25, 0.3) is 0 Å². The van der Waals surface area contributed by atoms with Gasteiger partial charge in [0, 0.05) is 6.07 Å². The number of nitrogens with one attached hydrogen (secondary N) is 2. The van der Waals surface area contributed by atoms with E-state index in [1.165, 1.54) is 4.90 Å². The molecule has 0 saturated carbocycles. The largest absolute Gasteiger partial charge is 0.439 e. The van der Waals surface area contributed by atoms with Crippen molar-refractivity contribution in [2.45, 2.75) is 12.5 Å². The minimum absolute atomic E-state index is 0.205. The first-order chi connectivity index (χ1) is 10.2. The van der Waals surface area contributed by atoms with Gasteiger partial charge in [-0.2, -0.15) is 0 Å². The van der Waals surface area contributed by atoms with Crippen molar-refractivity contribution in [2.75, 3.05) is 4.90 Å². The minimum atomic E-state index is -0.425. The topological polar surface area (TPSA) is 99.1 Å². The van der Waals surface area contributed by atoms with Gasteiger partial charge in [0.1, 0.15) is 11.6 Å². The maximum absolute atomic E-state index is 7.91. The summed E-state index contributed by atoms with van der Waals surface area (Å²) in [6.07, 6.45) is 3.23. The van der Waals surface area contributed by atoms with E-state index in [0.717, 1.165) is 11.9 Å². The van der Waals surface area contributed by atoms with E-state index in [4.69, 9.17) is 21.3 Å². The van der Waals surface area contributed by atoms with Crippen molar-refractivity contribution in [3.05, 3.63) is 48.2 Å². The second-order valence-electron chi connectivity index (χ2n) is 4.76. The van der Waals surface area contributed by atoms with Gasteiger partial charge < -0.3 is 10.5 Å². The van der Waals surface area contributed by atoms with Gasteiger partial charge in [0.15, 0.2) is 0 Å². The molecule has 1 unspecified atom stereocenters. The summed E-state index contributed by atoms with van der Waals surface area (Å²) in [5.41, 5.74) is 7.56. The van der Waals surface area contributed by atoms with Crippen LogP contribution in [0.2, 0.25) is 0 Å². The number of amidine groups is 1. The number of aromatic nitrogens is 1. The second-order valence-corrected chi connectivity index (χ2v) is 4.76. The molecule has 0 aliphatic carbocycles. The molecule has 1 aromatic carbocycles. The SMILES string of the molecule is N=CN1C(=N)C(N)Cc2cc(Oc3ccccc3)ncc21. The lowest BCUT2D eigenvalue weighted by atomic mass is 9.99. The number of nitrogens with two attached hydrogens (primary N) is 1. The van der Waals surface area contributed by atoms with Crippen LogP contribution in [0.25, 0.3) is 0 Å². The molecule has 106 valence electrons. The van der Waals surface area contributed by atoms with Crippen LogP contribution in [-0.4, -0.2) is 23.2 Å². The van der Waals surface area contributed by atoms with Gasteiger partial charge in [-0.25, -0.2) is 4.98 Å². The highest BCUT2D eigenvalue weighted by Crippen LogP contribution is 2.30. The number of para-hydroxylation sites is 1. The molecule has 0 spiro atoms. The van der Waals surface area contributed by atoms with Crippen LogP contribution in [0.4, 0.5) is 5.69 Å². The van der Waals surface area contributed by atoms with Gasteiger partial charge in [-0.05, 0) is 24.1 Å². The molecule has 1 atom stereocenters. The zero-order chi connectivity index (χ0) is 14.8. The summed E-state index contributed by atoms with van der Waals surface area (Å²) in [5, 5.41) is 15.3. The number of hydrogen-bond acceptors (Lipinski definition) is 5. The molecule has 6 heteroatoms. The third-order valence-corrected chi connectivity index (χ3v) is 3.35. The van der Waals surface area contributed by atoms with Crippen LogP contribution in [0.1, 0.15) is 5.56 Å². The third kappa shape index (κ3) is 2.48. The van der Waals surface area contributed by atoms with E-state index in [2.05, 4.69) is 4.98 Å². The molecule has 1 aliphatic heterocycles. The molecule has 1 aromatic heterocycles. The normalized spacial score (nSPS) is 17.3. The molecule has 21 heavy (non-hydrogen) atoms. The number of rotatable bonds is 3. The summed E-state index contributed by atoms with van der Waals surface area (Å²) in [4.78, 5) is 5.67. The van der Waals surface area contributed by atoms with Gasteiger partial charge in [0.2, 0.25) is 5.88 Å². The zero-order valence-corrected chi connectivity index (χ0v) is 11.3. The molecule has 6 nitrogen and oxygen atoms in total. The predicted molar refractivity (Wildman–Crippen MR) is 81.4 cm³/mol. The Morgan fingerprint density at radius 2 is 2.10 bits per heavy atom. The Morgan fingerprint density at radius 3 is 2.81 bits per heavy atom. The quantitative estimate of drug-likeness (QED) is 0.593. The minimum Gasteiger partial charge on any atom is -0.439 e. The summed E-state index contributed by atoms with van der Waals surface area (Å²) in [7, 11) is 0. The molecule has 4 N–H and O–H groups in total. The lowest BCUT2D eigenvalue weighted by Crippen LogP contribution is -2.47. The van der Waals surface area contributed by atoms with E-state index in [-0.39, 0.29) is 5.84 Å². The number of benzene rings is 1. The van der Waals surface area contributed by atoms with E-state index < -0.39 is 6.04 Å². The Labute approximate surface area is 122 Å². The van der Waals surface area contributed by atoms with E-state index in [1.54, 1.807) is 6.20 Å². The molecular formula is C15H15N5O. The average molecular weight is 281 g/mol. The van der Waals surface area contributed by atoms with Crippen LogP contribution in [0.3, 0.4) is 0 Å². The fourth-order valence-corrected chi connectivity index (χ4v) is 2.29. The number of pyridine rings is 1. The molecule has 1 aliphatic rings. The maximum Gasteiger partial charge on any atom is 0.219 e. The number of anilines is 1. The smallest absolute Gasteiger partial charge is 0.219 e. The van der Waals surface area contributed by atoms with Crippen molar-refractivity contribution in [1.29, 1.82) is 10.8 Å². The van der Waals surface area contributed by atoms with Crippen LogP contribution in [-0.2, 0) is 6.42 Å². The Morgan fingerprint density at radius 1 is 1.33 bits per heavy atom. The molecule has 3 rings (SSSR count). The molecule has 0 saturated heterocycles. The number of hydrogen-bond donors (Lipinski definition) is 3. The summed E-state index contributed by atoms with van der Waals surface area (Å²) in [6, 6.07) is 10.8. The lowest BCUT2D eigenvalue weighted by Gasteiger charge is -2.31. The summed E-state index contributed by atoms with van der Waals surface area (Å²) < 4.78 is 5.69. The van der Waals surface area contributed by atoms with E-state index in [9.17, 15) is 0 Å². The highest BCUT2D eigenvalue weighted by Gasteiger charge is 2.27. The van der Waals surface area contributed by atoms with Crippen LogP contribution in [0.15, 0.2) is 42.6 Å². The molecule has 0 fully saturated rings. The van der Waals surface area contributed by atoms with E-state index in [0.29, 0.717) is 23.7 Å². The number of nitrogens with zero attached hydrogens (tertiary/aromatic N) is 2. The predicted octanol–water partition coefficient (Wildman–Crippen LogP) is 2.15. The van der Waals surface area contributed by atoms with Crippen molar-refractivity contribution in [3.63, 3.8) is 0 Å². The Balaban J connectivity index is 1.93. The first-order valence-corrected chi connectivity index (χ1v) is 6.54. The maximum atomic E-state index is 7.91. The number of ether oxygens (including phenoxy) is 1. The zero-order valence-electron chi connectivity index (χ0n) is 11.3. The molecule has 0 amide bonds. The van der Waals surface area contributed by atoms with Crippen LogP contribution >= 0.6 is 0 Å². The van der Waals surface area contributed by atoms with Crippen molar-refractivity contribution >= 4 is 17.9 Å². The lowest BCUT2D eigenvalue weighted by molar-refractivity contribution is 0.462. The van der Waals surface area contributed by atoms with Crippen molar-refractivity contribution < 1.29 is 4.74 Å². The first-order valence-electron chi connectivity index (χ1n) is 6.54. The van der Waals surface area contributed by atoms with E-state index >= 15 is 0 Å². The molecule has 0 radical (unpaired) electrons. The van der Waals surface area contributed by atoms with E-state index in [1.807, 2.05) is 36.4 Å². The molecular weight excluding hydrogens is 266 g/mol. The van der Waals surface area contributed by atoms with Crippen molar-refractivity contribution in [1.82, 2.24) is 4.98 Å². The highest BCUT2D eigenvalue weighted by molar-refractivity contribution is 6.13. The van der Waals surface area contributed by atoms with Gasteiger partial charge in [0.05, 0.1) is 24.3 Å². The summed E-state index contributed by atoms with van der Waals surface area (Å²) in [6.45, 7) is 0. The third-order valence-electron chi connectivity index (χ3n) is 3.35. The monoisotopic (exact) mass is 281 g/mol. The van der Waals surface area contributed by atoms with Crippen molar-refractivity contribution in [2.24, 2.45) is 5.73 Å². The summed E-state index contributed by atoms with van der Waals surface area (Å²) in [5.74, 6) is 1.39.